The van der Waals surface area contributed by atoms with Gasteiger partial charge in [-0.05, 0) is 85.9 Å². The van der Waals surface area contributed by atoms with E-state index in [9.17, 15) is 9.59 Å². The van der Waals surface area contributed by atoms with E-state index in [1.807, 2.05) is 36.1 Å². The van der Waals surface area contributed by atoms with Crippen molar-refractivity contribution in [2.75, 3.05) is 23.9 Å². The van der Waals surface area contributed by atoms with Gasteiger partial charge in [-0.3, -0.25) is 14.5 Å². The fourth-order valence-corrected chi connectivity index (χ4v) is 5.28. The highest BCUT2D eigenvalue weighted by molar-refractivity contribution is 7.80. The summed E-state index contributed by atoms with van der Waals surface area (Å²) >= 11 is 7.45. The standard InChI is InChI=1S/C26H27N3O3S2/c1-17-4-8-20(9-5-17)29-25(31)22(16-24(30)27-19-6-10-21(32-3)11-7-19)28(26(29)33)14-12-23-18(2)13-15-34-23/h4-11,13,15,22H,12,14,16H2,1-3H3,(H,27,30)/t22-/m0/s1. The number of nitrogens with zero attached hydrogens (tertiary/aromatic N) is 2. The van der Waals surface area contributed by atoms with Gasteiger partial charge < -0.3 is 15.0 Å². The second kappa shape index (κ2) is 10.4. The first kappa shape index (κ1) is 23.9. The summed E-state index contributed by atoms with van der Waals surface area (Å²) in [5, 5.41) is 5.39. The van der Waals surface area contributed by atoms with Crippen molar-refractivity contribution in [3.63, 3.8) is 0 Å². The highest BCUT2D eigenvalue weighted by Gasteiger charge is 2.43. The maximum Gasteiger partial charge on any atom is 0.256 e. The van der Waals surface area contributed by atoms with E-state index in [1.165, 1.54) is 10.4 Å². The number of aryl methyl sites for hydroxylation is 2. The monoisotopic (exact) mass is 493 g/mol. The Bertz CT molecular complexity index is 1190. The molecule has 0 bridgehead atoms. The Labute approximate surface area is 209 Å². The van der Waals surface area contributed by atoms with Gasteiger partial charge in [0.15, 0.2) is 5.11 Å². The number of rotatable bonds is 8. The van der Waals surface area contributed by atoms with Crippen LogP contribution in [0.25, 0.3) is 0 Å². The number of methoxy groups -OCH3 is 1. The molecule has 0 radical (unpaired) electrons. The SMILES string of the molecule is COc1ccc(NC(=O)C[C@H]2C(=O)N(c3ccc(C)cc3)C(=S)N2CCc2sccc2C)cc1. The lowest BCUT2D eigenvalue weighted by atomic mass is 10.1. The van der Waals surface area contributed by atoms with Crippen LogP contribution >= 0.6 is 23.6 Å². The second-order valence-electron chi connectivity index (χ2n) is 8.26. The van der Waals surface area contributed by atoms with Gasteiger partial charge in [0.05, 0.1) is 19.2 Å². The Kier molecular flexibility index (Phi) is 7.29. The Balaban J connectivity index is 1.54. The summed E-state index contributed by atoms with van der Waals surface area (Å²) in [4.78, 5) is 31.1. The average Bonchev–Trinajstić information content (AvgIpc) is 3.33. The number of nitrogens with one attached hydrogen (secondary N) is 1. The van der Waals surface area contributed by atoms with Crippen molar-refractivity contribution in [2.24, 2.45) is 0 Å². The lowest BCUT2D eigenvalue weighted by Gasteiger charge is -2.24. The summed E-state index contributed by atoms with van der Waals surface area (Å²) in [5.41, 5.74) is 3.69. The minimum atomic E-state index is -0.660. The zero-order chi connectivity index (χ0) is 24.2. The van der Waals surface area contributed by atoms with Crippen molar-refractivity contribution < 1.29 is 14.3 Å². The van der Waals surface area contributed by atoms with Crippen molar-refractivity contribution in [2.45, 2.75) is 32.7 Å². The molecular weight excluding hydrogens is 466 g/mol. The Morgan fingerprint density at radius 3 is 2.41 bits per heavy atom. The number of thiophene rings is 1. The molecule has 1 aliphatic rings. The summed E-state index contributed by atoms with van der Waals surface area (Å²) in [6.07, 6.45) is 0.770. The largest absolute Gasteiger partial charge is 0.497 e. The van der Waals surface area contributed by atoms with E-state index in [4.69, 9.17) is 17.0 Å². The zero-order valence-corrected chi connectivity index (χ0v) is 21.0. The summed E-state index contributed by atoms with van der Waals surface area (Å²) in [6.45, 7) is 4.64. The summed E-state index contributed by atoms with van der Waals surface area (Å²) in [6, 6.07) is 16.2. The molecule has 0 aliphatic carbocycles. The Morgan fingerprint density at radius 2 is 1.79 bits per heavy atom. The van der Waals surface area contributed by atoms with Crippen LogP contribution in [-0.4, -0.2) is 41.5 Å². The molecule has 176 valence electrons. The normalized spacial score (nSPS) is 15.7. The molecule has 1 fully saturated rings. The van der Waals surface area contributed by atoms with Crippen molar-refractivity contribution in [3.05, 3.63) is 76.0 Å². The number of benzene rings is 2. The van der Waals surface area contributed by atoms with Crippen LogP contribution < -0.4 is 15.0 Å². The Hall–Kier alpha value is -3.23. The van der Waals surface area contributed by atoms with Gasteiger partial charge in [0.1, 0.15) is 11.8 Å². The van der Waals surface area contributed by atoms with E-state index >= 15 is 0 Å². The van der Waals surface area contributed by atoms with Crippen molar-refractivity contribution in [3.8, 4) is 5.75 Å². The molecule has 4 rings (SSSR count). The Morgan fingerprint density at radius 1 is 1.09 bits per heavy atom. The maximum atomic E-state index is 13.5. The number of carbonyl (C=O) groups excluding carboxylic acids is 2. The first-order valence-corrected chi connectivity index (χ1v) is 12.3. The van der Waals surface area contributed by atoms with E-state index < -0.39 is 6.04 Å². The van der Waals surface area contributed by atoms with Crippen LogP contribution in [0.15, 0.2) is 60.0 Å². The van der Waals surface area contributed by atoms with Gasteiger partial charge in [0.25, 0.3) is 5.91 Å². The molecule has 1 atom stereocenters. The molecule has 2 aromatic carbocycles. The van der Waals surface area contributed by atoms with Gasteiger partial charge >= 0.3 is 0 Å². The first-order valence-electron chi connectivity index (χ1n) is 11.1. The number of carbonyl (C=O) groups is 2. The van der Waals surface area contributed by atoms with Gasteiger partial charge in [-0.15, -0.1) is 11.3 Å². The highest BCUT2D eigenvalue weighted by atomic mass is 32.1. The second-order valence-corrected chi connectivity index (χ2v) is 9.62. The third-order valence-electron chi connectivity index (χ3n) is 5.91. The molecule has 34 heavy (non-hydrogen) atoms. The topological polar surface area (TPSA) is 61.9 Å². The maximum absolute atomic E-state index is 13.5. The lowest BCUT2D eigenvalue weighted by molar-refractivity contribution is -0.124. The van der Waals surface area contributed by atoms with Crippen LogP contribution in [-0.2, 0) is 16.0 Å². The van der Waals surface area contributed by atoms with E-state index in [2.05, 4.69) is 23.7 Å². The molecule has 0 saturated carbocycles. The van der Waals surface area contributed by atoms with Crippen molar-refractivity contribution >= 4 is 51.9 Å². The van der Waals surface area contributed by atoms with Gasteiger partial charge in [0, 0.05) is 17.1 Å². The van der Waals surface area contributed by atoms with Gasteiger partial charge in [0.2, 0.25) is 5.91 Å². The molecule has 6 nitrogen and oxygen atoms in total. The van der Waals surface area contributed by atoms with Crippen LogP contribution in [0.4, 0.5) is 11.4 Å². The molecule has 2 heterocycles. The van der Waals surface area contributed by atoms with Crippen LogP contribution in [0.1, 0.15) is 22.4 Å². The summed E-state index contributed by atoms with van der Waals surface area (Å²) < 4.78 is 5.17. The summed E-state index contributed by atoms with van der Waals surface area (Å²) in [5.74, 6) is 0.286. The smallest absolute Gasteiger partial charge is 0.256 e. The van der Waals surface area contributed by atoms with Gasteiger partial charge in [-0.2, -0.15) is 0 Å². The fourth-order valence-electron chi connectivity index (χ4n) is 3.96. The van der Waals surface area contributed by atoms with Gasteiger partial charge in [-0.25, -0.2) is 0 Å². The minimum Gasteiger partial charge on any atom is -0.497 e. The molecule has 0 spiro atoms. The number of hydrogen-bond acceptors (Lipinski definition) is 5. The third kappa shape index (κ3) is 5.13. The number of thiocarbonyl (C=S) groups is 1. The van der Waals surface area contributed by atoms with E-state index in [-0.39, 0.29) is 18.2 Å². The lowest BCUT2D eigenvalue weighted by Crippen LogP contribution is -2.39. The first-order chi connectivity index (χ1) is 16.4. The van der Waals surface area contributed by atoms with E-state index in [0.717, 1.165) is 17.7 Å². The molecule has 1 N–H and O–H groups in total. The number of ether oxygens (including phenoxy) is 1. The van der Waals surface area contributed by atoms with Gasteiger partial charge in [-0.1, -0.05) is 17.7 Å². The fraction of sp³-hybridized carbons (Fsp3) is 0.269. The predicted molar refractivity (Wildman–Crippen MR) is 141 cm³/mol. The highest BCUT2D eigenvalue weighted by Crippen LogP contribution is 2.29. The van der Waals surface area contributed by atoms with Crippen molar-refractivity contribution in [1.29, 1.82) is 0 Å². The zero-order valence-electron chi connectivity index (χ0n) is 19.4. The number of anilines is 2. The molecule has 1 saturated heterocycles. The molecule has 0 unspecified atom stereocenters. The van der Waals surface area contributed by atoms with Crippen LogP contribution in [0.5, 0.6) is 5.75 Å². The summed E-state index contributed by atoms with van der Waals surface area (Å²) in [7, 11) is 1.59. The quantitative estimate of drug-likeness (QED) is 0.450. The van der Waals surface area contributed by atoms with Crippen molar-refractivity contribution in [1.82, 2.24) is 4.90 Å². The molecule has 2 amide bonds. The minimum absolute atomic E-state index is 0.0107. The van der Waals surface area contributed by atoms with Crippen LogP contribution in [0.2, 0.25) is 0 Å². The molecule has 1 aliphatic heterocycles. The average molecular weight is 494 g/mol. The molecule has 8 heteroatoms. The molecule has 1 aromatic heterocycles. The molecular formula is C26H27N3O3S2. The predicted octanol–water partition coefficient (Wildman–Crippen LogP) is 4.95. The number of amides is 2. The van der Waals surface area contributed by atoms with E-state index in [1.54, 1.807) is 47.6 Å². The van der Waals surface area contributed by atoms with E-state index in [0.29, 0.717) is 23.1 Å². The van der Waals surface area contributed by atoms with Crippen LogP contribution in [0.3, 0.4) is 0 Å². The third-order valence-corrected chi connectivity index (χ3v) is 7.41. The molecule has 3 aromatic rings. The number of hydrogen-bond donors (Lipinski definition) is 1. The van der Waals surface area contributed by atoms with Crippen LogP contribution in [0, 0.1) is 13.8 Å².